The van der Waals surface area contributed by atoms with Crippen molar-refractivity contribution in [2.75, 3.05) is 44.6 Å². The Kier molecular flexibility index (Phi) is 15.1. The smallest absolute Gasteiger partial charge is 0.481 e. The fourth-order valence-electron chi connectivity index (χ4n) is 4.13. The largest absolute Gasteiger partial charge is 0.522 e. The van der Waals surface area contributed by atoms with Crippen LogP contribution in [0.3, 0.4) is 0 Å². The summed E-state index contributed by atoms with van der Waals surface area (Å²) in [5.41, 5.74) is -4.96. The third-order valence-corrected chi connectivity index (χ3v) is 7.11. The average Bonchev–Trinajstić information content (AvgIpc) is 3.04. The molecule has 5 N–H and O–H groups in total. The number of benzene rings is 1. The number of halogens is 3. The van der Waals surface area contributed by atoms with Crippen molar-refractivity contribution in [3.05, 3.63) is 42.1 Å². The molecule has 2 heterocycles. The number of anilines is 1. The molecular formula is C28H35F3N6O11S. The molecule has 1 aliphatic rings. The summed E-state index contributed by atoms with van der Waals surface area (Å²) in [4.78, 5) is 72.6. The summed E-state index contributed by atoms with van der Waals surface area (Å²) in [5, 5.41) is 23.7. The molecule has 3 rings (SSSR count). The van der Waals surface area contributed by atoms with Crippen molar-refractivity contribution in [2.24, 2.45) is 0 Å². The minimum Gasteiger partial charge on any atom is -0.481 e. The van der Waals surface area contributed by atoms with Crippen LogP contribution in [0.4, 0.5) is 23.8 Å². The third-order valence-electron chi connectivity index (χ3n) is 6.52. The quantitative estimate of drug-likeness (QED) is 0.113. The van der Waals surface area contributed by atoms with Gasteiger partial charge in [-0.25, -0.2) is 14.8 Å². The van der Waals surface area contributed by atoms with Crippen molar-refractivity contribution in [3.8, 4) is 11.4 Å². The van der Waals surface area contributed by atoms with Gasteiger partial charge in [0.15, 0.2) is 5.82 Å². The van der Waals surface area contributed by atoms with Crippen molar-refractivity contribution in [2.45, 2.75) is 44.2 Å². The van der Waals surface area contributed by atoms with E-state index in [1.807, 2.05) is 6.07 Å². The Morgan fingerprint density at radius 3 is 2.06 bits per heavy atom. The number of aromatic nitrogens is 2. The molecular weight excluding hydrogens is 685 g/mol. The highest BCUT2D eigenvalue weighted by atomic mass is 32.2. The molecule has 270 valence electrons. The van der Waals surface area contributed by atoms with Gasteiger partial charge in [-0.05, 0) is 19.8 Å². The Balaban J connectivity index is 0.000000924. The first-order chi connectivity index (χ1) is 22.9. The number of carboxylic acid groups (broad SMARTS) is 2. The van der Waals surface area contributed by atoms with Gasteiger partial charge in [-0.1, -0.05) is 30.3 Å². The van der Waals surface area contributed by atoms with Crippen molar-refractivity contribution in [1.82, 2.24) is 25.1 Å². The molecule has 1 unspecified atom stereocenters. The lowest BCUT2D eigenvalue weighted by Gasteiger charge is -2.35. The van der Waals surface area contributed by atoms with Gasteiger partial charge in [0, 0.05) is 57.2 Å². The number of nitrogens with one attached hydrogen (secondary N) is 2. The monoisotopic (exact) mass is 720 g/mol. The Labute approximate surface area is 278 Å². The molecule has 3 amide bonds. The number of carbonyl (C=O) groups is 5. The molecule has 1 aromatic carbocycles. The maximum absolute atomic E-state index is 13.4. The predicted octanol–water partition coefficient (Wildman–Crippen LogP) is 2.08. The fourth-order valence-corrected chi connectivity index (χ4v) is 4.13. The Hall–Kier alpha value is -5.05. The second kappa shape index (κ2) is 18.5. The number of hydrogen-bond acceptors (Lipinski definition) is 11. The highest BCUT2D eigenvalue weighted by Gasteiger charge is 2.44. The molecule has 0 bridgehead atoms. The van der Waals surface area contributed by atoms with E-state index in [2.05, 4.69) is 20.6 Å². The van der Waals surface area contributed by atoms with Crippen LogP contribution in [0, 0.1) is 0 Å². The van der Waals surface area contributed by atoms with Gasteiger partial charge in [0.05, 0.1) is 6.61 Å². The number of alkyl halides is 3. The molecule has 21 heteroatoms. The molecule has 0 radical (unpaired) electrons. The predicted molar refractivity (Wildman–Crippen MR) is 164 cm³/mol. The normalized spacial score (nSPS) is 13.7. The minimum absolute atomic E-state index is 0.0433. The van der Waals surface area contributed by atoms with Gasteiger partial charge in [0.1, 0.15) is 17.6 Å². The highest BCUT2D eigenvalue weighted by Crippen LogP contribution is 2.21. The van der Waals surface area contributed by atoms with Gasteiger partial charge in [0.25, 0.3) is 5.91 Å². The number of aliphatic carboxylic acids is 2. The van der Waals surface area contributed by atoms with E-state index in [-0.39, 0.29) is 75.9 Å². The van der Waals surface area contributed by atoms with Gasteiger partial charge >= 0.3 is 33.7 Å². The van der Waals surface area contributed by atoms with Crippen LogP contribution in [0.15, 0.2) is 36.4 Å². The van der Waals surface area contributed by atoms with Crippen LogP contribution in [-0.2, 0) is 29.2 Å². The molecule has 1 atom stereocenters. The van der Waals surface area contributed by atoms with Crippen LogP contribution in [-0.4, -0.2) is 124 Å². The first-order valence-electron chi connectivity index (χ1n) is 14.6. The summed E-state index contributed by atoms with van der Waals surface area (Å²) in [6, 6.07) is 9.16. The number of ether oxygens (including phenoxy) is 1. The van der Waals surface area contributed by atoms with E-state index in [0.717, 1.165) is 0 Å². The fraction of sp³-hybridized carbons (Fsp3) is 0.464. The van der Waals surface area contributed by atoms with Crippen molar-refractivity contribution >= 4 is 45.8 Å². The summed E-state index contributed by atoms with van der Waals surface area (Å²) < 4.78 is 62.5. The molecule has 1 aliphatic heterocycles. The average molecular weight is 721 g/mol. The minimum atomic E-state index is -5.84. The summed E-state index contributed by atoms with van der Waals surface area (Å²) in [5.74, 6) is -2.69. The zero-order valence-corrected chi connectivity index (χ0v) is 26.9. The van der Waals surface area contributed by atoms with Crippen LogP contribution in [0.1, 0.15) is 43.1 Å². The van der Waals surface area contributed by atoms with Gasteiger partial charge in [0.2, 0.25) is 5.91 Å². The molecule has 49 heavy (non-hydrogen) atoms. The Bertz CT molecular complexity index is 1570. The summed E-state index contributed by atoms with van der Waals surface area (Å²) in [6.45, 7) is 3.11. The Morgan fingerprint density at radius 1 is 0.959 bits per heavy atom. The first-order valence-corrected chi connectivity index (χ1v) is 16.0. The molecule has 1 aromatic heterocycles. The summed E-state index contributed by atoms with van der Waals surface area (Å²) >= 11 is 0. The lowest BCUT2D eigenvalue weighted by molar-refractivity contribution is -0.139. The lowest BCUT2D eigenvalue weighted by Crippen LogP contribution is -2.56. The summed E-state index contributed by atoms with van der Waals surface area (Å²) in [7, 11) is -5.84. The number of nitrogens with zero attached hydrogens (tertiary/aromatic N) is 4. The second-order valence-corrected chi connectivity index (χ2v) is 11.6. The number of amides is 3. The first kappa shape index (κ1) is 40.1. The maximum Gasteiger partial charge on any atom is 0.522 e. The van der Waals surface area contributed by atoms with E-state index in [9.17, 15) is 42.3 Å². The Morgan fingerprint density at radius 2 is 1.53 bits per heavy atom. The lowest BCUT2D eigenvalue weighted by atomic mass is 10.1. The van der Waals surface area contributed by atoms with E-state index < -0.39 is 51.5 Å². The zero-order valence-electron chi connectivity index (χ0n) is 26.1. The van der Waals surface area contributed by atoms with Gasteiger partial charge < -0.3 is 35.4 Å². The van der Waals surface area contributed by atoms with Crippen molar-refractivity contribution < 1.29 is 65.1 Å². The molecule has 17 nitrogen and oxygen atoms in total. The number of hydrogen-bond donors (Lipinski definition) is 5. The molecule has 0 spiro atoms. The maximum atomic E-state index is 13.4. The number of carboxylic acids is 2. The number of piperazine rings is 1. The van der Waals surface area contributed by atoms with E-state index in [0.29, 0.717) is 12.0 Å². The SMILES string of the molecule is CCOC(=O)N1CCN(C(=O)C(CCC(=O)O)NC(=O)c2cc(NCCCC(=O)O)nc(-c3ccccc3)n2)CC1.O=S(=O)(O)C(F)(F)F. The third kappa shape index (κ3) is 13.5. The highest BCUT2D eigenvalue weighted by molar-refractivity contribution is 7.86. The van der Waals surface area contributed by atoms with Crippen LogP contribution in [0.5, 0.6) is 0 Å². The molecule has 0 aliphatic carbocycles. The van der Waals surface area contributed by atoms with Crippen LogP contribution in [0.25, 0.3) is 11.4 Å². The van der Waals surface area contributed by atoms with Crippen molar-refractivity contribution in [3.63, 3.8) is 0 Å². The standard InChI is InChI=1S/C27H34N6O8.CHF3O3S/c1-2-41-27(40)33-15-13-32(14-16-33)26(39)19(10-11-23(36)37)30-25(38)20-17-21(28-12-6-9-22(34)35)31-24(29-20)18-7-4-3-5-8-18;2-1(3,4)8(5,6)7/h3-5,7-8,17,19H,2,6,9-16H2,1H3,(H,30,38)(H,34,35)(H,36,37)(H,28,29,31);(H,5,6,7). The number of carbonyl (C=O) groups excluding carboxylic acids is 3. The van der Waals surface area contributed by atoms with Crippen LogP contribution >= 0.6 is 0 Å². The topological polar surface area (TPSA) is 246 Å². The van der Waals surface area contributed by atoms with Gasteiger partial charge in [-0.2, -0.15) is 21.6 Å². The molecule has 0 saturated carbocycles. The summed E-state index contributed by atoms with van der Waals surface area (Å²) in [6.07, 6.45) is -0.681. The van der Waals surface area contributed by atoms with Crippen LogP contribution < -0.4 is 10.6 Å². The van der Waals surface area contributed by atoms with Crippen LogP contribution in [0.2, 0.25) is 0 Å². The van der Waals surface area contributed by atoms with Gasteiger partial charge in [-0.3, -0.25) is 23.7 Å². The zero-order chi connectivity index (χ0) is 36.8. The second-order valence-electron chi connectivity index (χ2n) is 10.1. The van der Waals surface area contributed by atoms with E-state index in [1.165, 1.54) is 15.9 Å². The van der Waals surface area contributed by atoms with E-state index in [1.54, 1.807) is 31.2 Å². The molecule has 1 fully saturated rings. The van der Waals surface area contributed by atoms with Gasteiger partial charge in [-0.15, -0.1) is 0 Å². The van der Waals surface area contributed by atoms with Crippen molar-refractivity contribution in [1.29, 1.82) is 0 Å². The van der Waals surface area contributed by atoms with E-state index in [4.69, 9.17) is 22.8 Å². The number of rotatable bonds is 13. The molecule has 1 saturated heterocycles. The molecule has 2 aromatic rings. The van der Waals surface area contributed by atoms with E-state index >= 15 is 0 Å².